The minimum Gasteiger partial charge on any atom is -0.393 e. The molecule has 3 atom stereocenters. The number of aliphatic hydroxyl groups excluding tert-OH is 1. The van der Waals surface area contributed by atoms with E-state index in [1.54, 1.807) is 0 Å². The zero-order valence-electron chi connectivity index (χ0n) is 17.4. The Balaban J connectivity index is 1.80. The van der Waals surface area contributed by atoms with Crippen LogP contribution < -0.4 is 0 Å². The highest BCUT2D eigenvalue weighted by Crippen LogP contribution is 2.62. The van der Waals surface area contributed by atoms with Gasteiger partial charge >= 0.3 is 0 Å². The van der Waals surface area contributed by atoms with Crippen LogP contribution in [0.3, 0.4) is 0 Å². The van der Waals surface area contributed by atoms with Crippen LogP contribution in [0.2, 0.25) is 0 Å². The smallest absolute Gasteiger partial charge is 0.173 e. The first-order valence-corrected chi connectivity index (χ1v) is 11.2. The van der Waals surface area contributed by atoms with Crippen molar-refractivity contribution < 1.29 is 9.90 Å². The molecule has 0 aromatic heterocycles. The maximum absolute atomic E-state index is 14.0. The van der Waals surface area contributed by atoms with Crippen LogP contribution in [0, 0.1) is 11.3 Å². The highest BCUT2D eigenvalue weighted by molar-refractivity contribution is 6.10. The van der Waals surface area contributed by atoms with Crippen LogP contribution in [0.1, 0.15) is 74.2 Å². The van der Waals surface area contributed by atoms with Crippen molar-refractivity contribution in [1.29, 1.82) is 0 Å². The van der Waals surface area contributed by atoms with Gasteiger partial charge in [-0.05, 0) is 43.2 Å². The minimum atomic E-state index is -0.581. The van der Waals surface area contributed by atoms with Crippen LogP contribution in [0.5, 0.6) is 0 Å². The van der Waals surface area contributed by atoms with Crippen LogP contribution in [0.4, 0.5) is 0 Å². The van der Waals surface area contributed by atoms with Crippen molar-refractivity contribution in [2.45, 2.75) is 64.4 Å². The molecule has 2 heteroatoms. The van der Waals surface area contributed by atoms with E-state index in [0.717, 1.165) is 31.2 Å². The number of Topliss-reactive ketones (excluding diaryl/α,β-unsaturated/α-hetero) is 1. The number of fused-ring (bicyclic) bond motifs is 1. The second-order valence-corrected chi connectivity index (χ2v) is 8.74. The van der Waals surface area contributed by atoms with Gasteiger partial charge in [0, 0.05) is 11.5 Å². The topological polar surface area (TPSA) is 37.3 Å². The van der Waals surface area contributed by atoms with E-state index in [1.165, 1.54) is 36.0 Å². The number of carbonyl (C=O) groups is 1. The van der Waals surface area contributed by atoms with E-state index in [-0.39, 0.29) is 11.7 Å². The van der Waals surface area contributed by atoms with Gasteiger partial charge in [0.2, 0.25) is 0 Å². The molecule has 0 spiro atoms. The molecule has 2 aliphatic rings. The molecule has 29 heavy (non-hydrogen) atoms. The Bertz CT molecular complexity index is 868. The van der Waals surface area contributed by atoms with Crippen molar-refractivity contribution in [2.75, 3.05) is 0 Å². The summed E-state index contributed by atoms with van der Waals surface area (Å²) < 4.78 is 0. The van der Waals surface area contributed by atoms with E-state index in [9.17, 15) is 9.90 Å². The molecule has 2 aromatic rings. The van der Waals surface area contributed by atoms with E-state index >= 15 is 0 Å². The Morgan fingerprint density at radius 2 is 1.69 bits per heavy atom. The third kappa shape index (κ3) is 3.59. The Morgan fingerprint density at radius 3 is 2.38 bits per heavy atom. The van der Waals surface area contributed by atoms with Crippen molar-refractivity contribution in [3.8, 4) is 0 Å². The fourth-order valence-corrected chi connectivity index (χ4v) is 5.70. The number of ketones is 1. The zero-order valence-corrected chi connectivity index (χ0v) is 17.4. The summed E-state index contributed by atoms with van der Waals surface area (Å²) in [4.78, 5) is 14.0. The molecule has 0 amide bonds. The molecule has 0 aliphatic heterocycles. The van der Waals surface area contributed by atoms with Gasteiger partial charge in [-0.2, -0.15) is 0 Å². The molecule has 1 saturated carbocycles. The molecular formula is C27H32O2. The summed E-state index contributed by atoms with van der Waals surface area (Å²) in [5.41, 5.74) is 3.99. The largest absolute Gasteiger partial charge is 0.393 e. The van der Waals surface area contributed by atoms with Crippen molar-refractivity contribution in [1.82, 2.24) is 0 Å². The summed E-state index contributed by atoms with van der Waals surface area (Å²) in [6.07, 6.45) is 7.84. The van der Waals surface area contributed by atoms with Gasteiger partial charge in [-0.3, -0.25) is 4.79 Å². The molecule has 1 N–H and O–H groups in total. The van der Waals surface area contributed by atoms with Gasteiger partial charge < -0.3 is 5.11 Å². The fraction of sp³-hybridized carbons (Fsp3) is 0.444. The van der Waals surface area contributed by atoms with E-state index in [2.05, 4.69) is 31.2 Å². The van der Waals surface area contributed by atoms with Crippen molar-refractivity contribution in [3.63, 3.8) is 0 Å². The lowest BCUT2D eigenvalue weighted by atomic mass is 9.68. The molecule has 1 unspecified atom stereocenters. The summed E-state index contributed by atoms with van der Waals surface area (Å²) in [5, 5.41) is 10.9. The van der Waals surface area contributed by atoms with E-state index in [1.807, 2.05) is 36.4 Å². The van der Waals surface area contributed by atoms with Gasteiger partial charge in [0.15, 0.2) is 5.78 Å². The quantitative estimate of drug-likeness (QED) is 0.416. The normalized spacial score (nSPS) is 26.0. The molecule has 0 heterocycles. The summed E-state index contributed by atoms with van der Waals surface area (Å²) in [6.45, 7) is 2.23. The predicted octanol–water partition coefficient (Wildman–Crippen LogP) is 6.45. The van der Waals surface area contributed by atoms with E-state index in [4.69, 9.17) is 0 Å². The van der Waals surface area contributed by atoms with E-state index in [0.29, 0.717) is 6.42 Å². The first-order valence-electron chi connectivity index (χ1n) is 11.2. The minimum absolute atomic E-state index is 0.00610. The van der Waals surface area contributed by atoms with Gasteiger partial charge in [0.25, 0.3) is 0 Å². The van der Waals surface area contributed by atoms with Gasteiger partial charge in [-0.1, -0.05) is 92.4 Å². The average Bonchev–Trinajstić information content (AvgIpc) is 3.27. The maximum Gasteiger partial charge on any atom is 0.173 e. The van der Waals surface area contributed by atoms with Crippen molar-refractivity contribution in [3.05, 3.63) is 77.4 Å². The number of allylic oxidation sites excluding steroid dienone is 2. The Hall–Kier alpha value is -2.19. The lowest BCUT2D eigenvalue weighted by Gasteiger charge is -2.33. The molecule has 4 rings (SSSR count). The molecule has 1 fully saturated rings. The summed E-state index contributed by atoms with van der Waals surface area (Å²) >= 11 is 0. The zero-order chi connectivity index (χ0) is 20.3. The number of aliphatic hydroxyl groups is 1. The maximum atomic E-state index is 14.0. The van der Waals surface area contributed by atoms with Gasteiger partial charge in [-0.15, -0.1) is 0 Å². The highest BCUT2D eigenvalue weighted by Gasteiger charge is 2.59. The van der Waals surface area contributed by atoms with Crippen molar-refractivity contribution >= 4 is 11.4 Å². The Kier molecular flexibility index (Phi) is 6.01. The van der Waals surface area contributed by atoms with Gasteiger partial charge in [-0.25, -0.2) is 0 Å². The fourth-order valence-electron chi connectivity index (χ4n) is 5.70. The van der Waals surface area contributed by atoms with Crippen LogP contribution >= 0.6 is 0 Å². The van der Waals surface area contributed by atoms with Gasteiger partial charge in [0.1, 0.15) is 0 Å². The summed E-state index contributed by atoms with van der Waals surface area (Å²) in [5.74, 6) is 0.202. The SMILES string of the molecule is CCCCCCC1=C(c2ccccc2)[C@]2(C(=O)c3ccccc3)CC[C@@H](O)C2C1. The van der Waals surface area contributed by atoms with Gasteiger partial charge in [0.05, 0.1) is 11.5 Å². The first kappa shape index (κ1) is 20.1. The molecule has 152 valence electrons. The lowest BCUT2D eigenvalue weighted by molar-refractivity contribution is 0.0710. The van der Waals surface area contributed by atoms with E-state index < -0.39 is 11.5 Å². The first-order chi connectivity index (χ1) is 14.2. The van der Waals surface area contributed by atoms with Crippen LogP contribution in [0.25, 0.3) is 5.57 Å². The molecule has 2 aromatic carbocycles. The number of hydrogen-bond donors (Lipinski definition) is 1. The number of hydrogen-bond acceptors (Lipinski definition) is 2. The average molecular weight is 389 g/mol. The Morgan fingerprint density at radius 1 is 1.00 bits per heavy atom. The molecular weight excluding hydrogens is 356 g/mol. The van der Waals surface area contributed by atoms with Crippen LogP contribution in [0.15, 0.2) is 66.2 Å². The number of carbonyl (C=O) groups excluding carboxylic acids is 1. The molecule has 0 bridgehead atoms. The van der Waals surface area contributed by atoms with Crippen LogP contribution in [-0.4, -0.2) is 17.0 Å². The third-order valence-corrected chi connectivity index (χ3v) is 7.03. The Labute approximate surface area is 174 Å². The highest BCUT2D eigenvalue weighted by atomic mass is 16.3. The number of unbranched alkanes of at least 4 members (excludes halogenated alkanes) is 3. The standard InChI is InChI=1S/C27H32O2/c1-2-3-4-7-16-22-19-23-24(28)17-18-27(23,25(22)20-12-8-5-9-13-20)26(29)21-14-10-6-11-15-21/h5-6,8-15,23-24,28H,2-4,7,16-19H2,1H3/t23?,24-,27+/m1/s1. The second kappa shape index (κ2) is 8.67. The molecule has 2 nitrogen and oxygen atoms in total. The molecule has 2 aliphatic carbocycles. The summed E-state index contributed by atoms with van der Waals surface area (Å²) in [6, 6.07) is 20.2. The third-order valence-electron chi connectivity index (χ3n) is 7.03. The van der Waals surface area contributed by atoms with Crippen molar-refractivity contribution in [2.24, 2.45) is 11.3 Å². The molecule has 0 saturated heterocycles. The second-order valence-electron chi connectivity index (χ2n) is 8.74. The number of benzene rings is 2. The predicted molar refractivity (Wildman–Crippen MR) is 119 cm³/mol. The number of rotatable bonds is 8. The van der Waals surface area contributed by atoms with Crippen LogP contribution in [-0.2, 0) is 0 Å². The monoisotopic (exact) mass is 388 g/mol. The molecule has 0 radical (unpaired) electrons. The summed E-state index contributed by atoms with van der Waals surface area (Å²) in [7, 11) is 0. The lowest BCUT2D eigenvalue weighted by Crippen LogP contribution is -2.36.